The molecule has 0 atom stereocenters. The second-order valence-electron chi connectivity index (χ2n) is 6.22. The van der Waals surface area contributed by atoms with Crippen LogP contribution in [0.4, 0.5) is 0 Å². The fourth-order valence-corrected chi connectivity index (χ4v) is 4.51. The Hall–Kier alpha value is -3.65. The number of para-hydroxylation sites is 1. The van der Waals surface area contributed by atoms with Crippen LogP contribution in [-0.4, -0.2) is 35.6 Å². The van der Waals surface area contributed by atoms with Crippen molar-refractivity contribution in [3.63, 3.8) is 0 Å². The highest BCUT2D eigenvalue weighted by atomic mass is 32.2. The van der Waals surface area contributed by atoms with Crippen molar-refractivity contribution < 1.29 is 23.1 Å². The molecule has 2 aromatic heterocycles. The first kappa shape index (κ1) is 18.7. The Kier molecular flexibility index (Phi) is 4.56. The fraction of sp³-hybridized carbons (Fsp3) is 0.0476. The van der Waals surface area contributed by atoms with Gasteiger partial charge in [0, 0.05) is 11.8 Å². The molecule has 7 nitrogen and oxygen atoms in total. The molecule has 0 aliphatic rings. The lowest BCUT2D eigenvalue weighted by molar-refractivity contribution is 0.0697. The Bertz CT molecular complexity index is 1330. The minimum Gasteiger partial charge on any atom is -0.496 e. The molecular formula is C21H16N2O5S. The van der Waals surface area contributed by atoms with Gasteiger partial charge in [0.2, 0.25) is 0 Å². The van der Waals surface area contributed by atoms with Crippen LogP contribution in [0.2, 0.25) is 0 Å². The van der Waals surface area contributed by atoms with Gasteiger partial charge in [-0.15, -0.1) is 0 Å². The molecule has 8 heteroatoms. The third-order valence-electron chi connectivity index (χ3n) is 4.53. The van der Waals surface area contributed by atoms with E-state index in [-0.39, 0.29) is 21.7 Å². The quantitative estimate of drug-likeness (QED) is 0.541. The molecule has 0 amide bonds. The first-order valence-corrected chi connectivity index (χ1v) is 10.1. The van der Waals surface area contributed by atoms with Gasteiger partial charge in [0.1, 0.15) is 5.75 Å². The summed E-state index contributed by atoms with van der Waals surface area (Å²) in [6.07, 6.45) is 1.37. The minimum atomic E-state index is -3.90. The third kappa shape index (κ3) is 3.13. The zero-order chi connectivity index (χ0) is 20.6. The maximum atomic E-state index is 13.0. The number of pyridine rings is 1. The summed E-state index contributed by atoms with van der Waals surface area (Å²) in [5.41, 5.74) is 1.14. The van der Waals surface area contributed by atoms with Gasteiger partial charge in [-0.1, -0.05) is 30.3 Å². The molecule has 146 valence electrons. The van der Waals surface area contributed by atoms with Crippen molar-refractivity contribution in [2.75, 3.05) is 7.11 Å². The van der Waals surface area contributed by atoms with Gasteiger partial charge in [-0.05, 0) is 36.4 Å². The monoisotopic (exact) mass is 408 g/mol. The van der Waals surface area contributed by atoms with E-state index < -0.39 is 16.0 Å². The summed E-state index contributed by atoms with van der Waals surface area (Å²) < 4.78 is 32.4. The Morgan fingerprint density at radius 1 is 1.03 bits per heavy atom. The first-order valence-electron chi connectivity index (χ1n) is 8.63. The van der Waals surface area contributed by atoms with Crippen LogP contribution in [0.15, 0.2) is 77.8 Å². The molecule has 1 N–H and O–H groups in total. The topological polar surface area (TPSA) is 98.5 Å². The normalized spacial score (nSPS) is 11.5. The Balaban J connectivity index is 1.98. The standard InChI is InChI=1S/C21H16N2O5S/c1-28-19-10-6-5-9-15(19)20-16(21(24)25)13-18-17(22-20)11-12-23(18)29(26,27)14-7-3-2-4-8-14/h2-13H,1H3,(H,24,25). The van der Waals surface area contributed by atoms with E-state index in [9.17, 15) is 18.3 Å². The van der Waals surface area contributed by atoms with E-state index in [0.717, 1.165) is 3.97 Å². The average molecular weight is 408 g/mol. The van der Waals surface area contributed by atoms with E-state index >= 15 is 0 Å². The van der Waals surface area contributed by atoms with E-state index in [1.807, 2.05) is 0 Å². The summed E-state index contributed by atoms with van der Waals surface area (Å²) in [5.74, 6) is -0.747. The average Bonchev–Trinajstić information content (AvgIpc) is 3.17. The summed E-state index contributed by atoms with van der Waals surface area (Å²) in [6.45, 7) is 0. The lowest BCUT2D eigenvalue weighted by Crippen LogP contribution is -2.12. The van der Waals surface area contributed by atoms with E-state index in [2.05, 4.69) is 4.98 Å². The van der Waals surface area contributed by atoms with Crippen molar-refractivity contribution in [1.29, 1.82) is 0 Å². The molecule has 0 aliphatic heterocycles. The summed E-state index contributed by atoms with van der Waals surface area (Å²) in [4.78, 5) is 16.5. The predicted octanol–water partition coefficient (Wildman–Crippen LogP) is 3.65. The second-order valence-corrected chi connectivity index (χ2v) is 8.04. The van der Waals surface area contributed by atoms with Crippen LogP contribution in [0, 0.1) is 0 Å². The molecule has 0 spiro atoms. The smallest absolute Gasteiger partial charge is 0.337 e. The number of carboxylic acid groups (broad SMARTS) is 1. The van der Waals surface area contributed by atoms with Gasteiger partial charge < -0.3 is 9.84 Å². The number of ether oxygens (including phenoxy) is 1. The van der Waals surface area contributed by atoms with Crippen LogP contribution in [0.1, 0.15) is 10.4 Å². The molecule has 4 aromatic rings. The summed E-state index contributed by atoms with van der Waals surface area (Å²) in [5, 5.41) is 9.76. The van der Waals surface area contributed by atoms with E-state index in [1.54, 1.807) is 48.5 Å². The largest absolute Gasteiger partial charge is 0.496 e. The van der Waals surface area contributed by atoms with Crippen molar-refractivity contribution in [1.82, 2.24) is 8.96 Å². The van der Waals surface area contributed by atoms with Gasteiger partial charge in [0.15, 0.2) is 0 Å². The molecular weight excluding hydrogens is 392 g/mol. The number of benzene rings is 2. The zero-order valence-corrected chi connectivity index (χ0v) is 16.1. The predicted molar refractivity (Wildman–Crippen MR) is 108 cm³/mol. The SMILES string of the molecule is COc1ccccc1-c1nc2ccn(S(=O)(=O)c3ccccc3)c2cc1C(=O)O. The molecule has 0 radical (unpaired) electrons. The van der Waals surface area contributed by atoms with Gasteiger partial charge in [0.05, 0.1) is 34.3 Å². The maximum Gasteiger partial charge on any atom is 0.337 e. The summed E-state index contributed by atoms with van der Waals surface area (Å²) >= 11 is 0. The van der Waals surface area contributed by atoms with Crippen LogP contribution < -0.4 is 4.74 Å². The van der Waals surface area contributed by atoms with Crippen LogP contribution in [0.3, 0.4) is 0 Å². The number of aromatic nitrogens is 2. The van der Waals surface area contributed by atoms with Crippen LogP contribution in [0.5, 0.6) is 5.75 Å². The Morgan fingerprint density at radius 3 is 2.41 bits per heavy atom. The molecule has 0 saturated heterocycles. The highest BCUT2D eigenvalue weighted by Crippen LogP contribution is 2.33. The molecule has 0 saturated carbocycles. The first-order chi connectivity index (χ1) is 13.9. The number of hydrogen-bond donors (Lipinski definition) is 1. The highest BCUT2D eigenvalue weighted by Gasteiger charge is 2.23. The molecule has 0 bridgehead atoms. The Labute approximate surface area is 166 Å². The molecule has 0 unspecified atom stereocenters. The Morgan fingerprint density at radius 2 is 1.72 bits per heavy atom. The zero-order valence-electron chi connectivity index (χ0n) is 15.3. The van der Waals surface area contributed by atoms with Gasteiger partial charge in [-0.2, -0.15) is 0 Å². The van der Waals surface area contributed by atoms with E-state index in [4.69, 9.17) is 4.74 Å². The lowest BCUT2D eigenvalue weighted by atomic mass is 10.0. The van der Waals surface area contributed by atoms with Crippen LogP contribution in [-0.2, 0) is 10.0 Å². The number of hydrogen-bond acceptors (Lipinski definition) is 5. The third-order valence-corrected chi connectivity index (χ3v) is 6.23. The lowest BCUT2D eigenvalue weighted by Gasteiger charge is -2.12. The number of carboxylic acids is 1. The highest BCUT2D eigenvalue weighted by molar-refractivity contribution is 7.90. The van der Waals surface area contributed by atoms with Crippen LogP contribution >= 0.6 is 0 Å². The van der Waals surface area contributed by atoms with Gasteiger partial charge in [0.25, 0.3) is 10.0 Å². The number of rotatable bonds is 5. The van der Waals surface area contributed by atoms with E-state index in [0.29, 0.717) is 16.8 Å². The van der Waals surface area contributed by atoms with Crippen molar-refractivity contribution in [2.24, 2.45) is 0 Å². The molecule has 2 heterocycles. The summed E-state index contributed by atoms with van der Waals surface area (Å²) in [6, 6.07) is 17.7. The molecule has 29 heavy (non-hydrogen) atoms. The van der Waals surface area contributed by atoms with E-state index in [1.165, 1.54) is 31.5 Å². The number of fused-ring (bicyclic) bond motifs is 1. The number of methoxy groups -OCH3 is 1. The molecule has 4 rings (SSSR count). The maximum absolute atomic E-state index is 13.0. The van der Waals surface area contributed by atoms with Gasteiger partial charge >= 0.3 is 5.97 Å². The second kappa shape index (κ2) is 7.06. The number of aromatic carboxylic acids is 1. The number of carbonyl (C=O) groups is 1. The van der Waals surface area contributed by atoms with Crippen molar-refractivity contribution in [3.05, 3.63) is 78.5 Å². The molecule has 2 aromatic carbocycles. The van der Waals surface area contributed by atoms with Crippen molar-refractivity contribution in [2.45, 2.75) is 4.90 Å². The van der Waals surface area contributed by atoms with Crippen molar-refractivity contribution >= 4 is 27.0 Å². The minimum absolute atomic E-state index is 0.100. The van der Waals surface area contributed by atoms with Crippen LogP contribution in [0.25, 0.3) is 22.3 Å². The molecule has 0 fully saturated rings. The van der Waals surface area contributed by atoms with Crippen molar-refractivity contribution in [3.8, 4) is 17.0 Å². The number of nitrogens with zero attached hydrogens (tertiary/aromatic N) is 2. The fourth-order valence-electron chi connectivity index (χ4n) is 3.16. The summed E-state index contributed by atoms with van der Waals surface area (Å²) in [7, 11) is -2.41. The van der Waals surface area contributed by atoms with Gasteiger partial charge in [-0.3, -0.25) is 0 Å². The van der Waals surface area contributed by atoms with Gasteiger partial charge in [-0.25, -0.2) is 22.2 Å². The molecule has 0 aliphatic carbocycles.